The number of hydrogen-bond acceptors (Lipinski definition) is 5. The van der Waals surface area contributed by atoms with Gasteiger partial charge in [-0.2, -0.15) is 4.31 Å². The number of hydrogen-bond donors (Lipinski definition) is 1. The van der Waals surface area contributed by atoms with Gasteiger partial charge in [0, 0.05) is 17.3 Å². The van der Waals surface area contributed by atoms with Crippen molar-refractivity contribution < 1.29 is 13.2 Å². The van der Waals surface area contributed by atoms with Crippen LogP contribution in [0.25, 0.3) is 10.9 Å². The molecule has 1 N–H and O–H groups in total. The van der Waals surface area contributed by atoms with Gasteiger partial charge in [0.1, 0.15) is 6.04 Å². The van der Waals surface area contributed by atoms with Gasteiger partial charge in [0.15, 0.2) is 0 Å². The summed E-state index contributed by atoms with van der Waals surface area (Å²) in [6.45, 7) is 0.619. The Morgan fingerprint density at radius 2 is 1.81 bits per heavy atom. The lowest BCUT2D eigenvalue weighted by atomic mass is 10.2. The molecule has 0 radical (unpaired) electrons. The third kappa shape index (κ3) is 4.77. The molecular formula is C26H23ClN4O4S. The number of anilines is 1. The number of sulfonamides is 1. The van der Waals surface area contributed by atoms with E-state index in [2.05, 4.69) is 10.3 Å². The van der Waals surface area contributed by atoms with E-state index >= 15 is 0 Å². The van der Waals surface area contributed by atoms with E-state index in [9.17, 15) is 18.0 Å². The molecule has 0 saturated carbocycles. The van der Waals surface area contributed by atoms with Crippen molar-refractivity contribution in [2.75, 3.05) is 11.9 Å². The van der Waals surface area contributed by atoms with Crippen molar-refractivity contribution in [3.63, 3.8) is 0 Å². The first-order valence-electron chi connectivity index (χ1n) is 11.4. The Kier molecular flexibility index (Phi) is 6.61. The van der Waals surface area contributed by atoms with Crippen LogP contribution in [-0.4, -0.2) is 40.8 Å². The number of halogens is 1. The van der Waals surface area contributed by atoms with Crippen LogP contribution in [0.1, 0.15) is 18.4 Å². The zero-order valence-electron chi connectivity index (χ0n) is 19.2. The maximum atomic E-state index is 13.2. The van der Waals surface area contributed by atoms with Gasteiger partial charge in [-0.25, -0.2) is 13.4 Å². The van der Waals surface area contributed by atoms with Gasteiger partial charge in [-0.1, -0.05) is 41.9 Å². The lowest BCUT2D eigenvalue weighted by molar-refractivity contribution is -0.119. The number of amides is 1. The number of fused-ring (bicyclic) bond motifs is 1. The Hall–Kier alpha value is -3.53. The molecule has 10 heteroatoms. The highest BCUT2D eigenvalue weighted by Gasteiger charge is 2.39. The summed E-state index contributed by atoms with van der Waals surface area (Å²) in [5.74, 6) is -0.446. The Labute approximate surface area is 213 Å². The zero-order valence-corrected chi connectivity index (χ0v) is 20.7. The molecule has 4 aromatic rings. The van der Waals surface area contributed by atoms with Gasteiger partial charge in [-0.3, -0.25) is 14.2 Å². The van der Waals surface area contributed by atoms with Crippen LogP contribution in [-0.2, 0) is 21.4 Å². The van der Waals surface area contributed by atoms with Crippen LogP contribution in [0.2, 0.25) is 5.02 Å². The second-order valence-electron chi connectivity index (χ2n) is 8.61. The summed E-state index contributed by atoms with van der Waals surface area (Å²) in [5.41, 5.74) is 1.65. The maximum absolute atomic E-state index is 13.2. The normalized spacial score (nSPS) is 16.3. The minimum absolute atomic E-state index is 0.0855. The number of rotatable bonds is 6. The van der Waals surface area contributed by atoms with Gasteiger partial charge in [-0.15, -0.1) is 0 Å². The SMILES string of the molecule is O=C(Nc1ccc2ncn(Cc3ccccc3)c(=O)c2c1)[C@H]1CCCN1S(=O)(=O)c1ccc(Cl)cc1. The monoisotopic (exact) mass is 522 g/mol. The van der Waals surface area contributed by atoms with Crippen molar-refractivity contribution in [2.45, 2.75) is 30.3 Å². The summed E-state index contributed by atoms with van der Waals surface area (Å²) in [6.07, 6.45) is 2.47. The molecule has 0 bridgehead atoms. The van der Waals surface area contributed by atoms with E-state index in [1.165, 1.54) is 39.5 Å². The van der Waals surface area contributed by atoms with Gasteiger partial charge < -0.3 is 5.32 Å². The van der Waals surface area contributed by atoms with E-state index < -0.39 is 22.0 Å². The first-order chi connectivity index (χ1) is 17.3. The molecule has 36 heavy (non-hydrogen) atoms. The number of carbonyl (C=O) groups excluding carboxylic acids is 1. The summed E-state index contributed by atoms with van der Waals surface area (Å²) in [5, 5.41) is 3.59. The van der Waals surface area contributed by atoms with E-state index in [1.807, 2.05) is 30.3 Å². The van der Waals surface area contributed by atoms with E-state index in [0.29, 0.717) is 41.0 Å². The first-order valence-corrected chi connectivity index (χ1v) is 13.3. The molecule has 1 saturated heterocycles. The summed E-state index contributed by atoms with van der Waals surface area (Å²) in [6, 6.07) is 19.5. The van der Waals surface area contributed by atoms with E-state index in [-0.39, 0.29) is 17.0 Å². The number of carbonyl (C=O) groups is 1. The summed E-state index contributed by atoms with van der Waals surface area (Å²) < 4.78 is 29.1. The summed E-state index contributed by atoms with van der Waals surface area (Å²) in [4.78, 5) is 30.7. The average molecular weight is 523 g/mol. The molecule has 1 aromatic heterocycles. The number of aromatic nitrogens is 2. The highest BCUT2D eigenvalue weighted by molar-refractivity contribution is 7.89. The highest BCUT2D eigenvalue weighted by atomic mass is 35.5. The van der Waals surface area contributed by atoms with Crippen molar-refractivity contribution in [3.8, 4) is 0 Å². The molecule has 1 atom stereocenters. The lowest BCUT2D eigenvalue weighted by Crippen LogP contribution is -2.43. The first kappa shape index (κ1) is 24.2. The molecule has 184 valence electrons. The third-order valence-electron chi connectivity index (χ3n) is 6.21. The van der Waals surface area contributed by atoms with Gasteiger partial charge in [0.25, 0.3) is 5.56 Å². The largest absolute Gasteiger partial charge is 0.325 e. The molecule has 1 aliphatic rings. The Balaban J connectivity index is 1.38. The van der Waals surface area contributed by atoms with Gasteiger partial charge in [0.2, 0.25) is 15.9 Å². The third-order valence-corrected chi connectivity index (χ3v) is 8.39. The maximum Gasteiger partial charge on any atom is 0.261 e. The fraction of sp³-hybridized carbons (Fsp3) is 0.192. The molecule has 3 aromatic carbocycles. The minimum Gasteiger partial charge on any atom is -0.325 e. The Morgan fingerprint density at radius 3 is 2.56 bits per heavy atom. The molecule has 1 fully saturated rings. The van der Waals surface area contributed by atoms with Crippen molar-refractivity contribution in [2.24, 2.45) is 0 Å². The number of nitrogens with one attached hydrogen (secondary N) is 1. The van der Waals surface area contributed by atoms with Crippen LogP contribution in [0.15, 0.2) is 88.8 Å². The number of nitrogens with zero attached hydrogens (tertiary/aromatic N) is 3. The Morgan fingerprint density at radius 1 is 1.06 bits per heavy atom. The van der Waals surface area contributed by atoms with Crippen LogP contribution in [0, 0.1) is 0 Å². The minimum atomic E-state index is -3.87. The van der Waals surface area contributed by atoms with Crippen molar-refractivity contribution in [1.29, 1.82) is 0 Å². The van der Waals surface area contributed by atoms with Crippen LogP contribution >= 0.6 is 11.6 Å². The van der Waals surface area contributed by atoms with Crippen LogP contribution < -0.4 is 10.9 Å². The van der Waals surface area contributed by atoms with Gasteiger partial charge >= 0.3 is 0 Å². The number of benzene rings is 3. The summed E-state index contributed by atoms with van der Waals surface area (Å²) in [7, 11) is -3.87. The van der Waals surface area contributed by atoms with Gasteiger partial charge in [-0.05, 0) is 60.9 Å². The quantitative estimate of drug-likeness (QED) is 0.414. The predicted molar refractivity (Wildman–Crippen MR) is 139 cm³/mol. The molecule has 1 aliphatic heterocycles. The van der Waals surface area contributed by atoms with E-state index in [4.69, 9.17) is 11.6 Å². The standard InChI is InChI=1S/C26H23ClN4O4S/c27-19-8-11-21(12-9-19)36(34,35)31-14-4-7-24(31)25(32)29-20-10-13-23-22(15-20)26(33)30(17-28-23)16-18-5-2-1-3-6-18/h1-3,5-6,8-13,15,17,24H,4,7,14,16H2,(H,29,32)/t24-/m1/s1. The van der Waals surface area contributed by atoms with Crippen LogP contribution in [0.5, 0.6) is 0 Å². The molecule has 0 aliphatic carbocycles. The fourth-order valence-corrected chi connectivity index (χ4v) is 6.17. The van der Waals surface area contributed by atoms with Crippen molar-refractivity contribution in [3.05, 3.63) is 100 Å². The van der Waals surface area contributed by atoms with Crippen molar-refractivity contribution in [1.82, 2.24) is 13.9 Å². The molecule has 8 nitrogen and oxygen atoms in total. The van der Waals surface area contributed by atoms with Crippen LogP contribution in [0.4, 0.5) is 5.69 Å². The topological polar surface area (TPSA) is 101 Å². The molecule has 5 rings (SSSR count). The average Bonchev–Trinajstić information content (AvgIpc) is 3.38. The molecule has 0 spiro atoms. The van der Waals surface area contributed by atoms with E-state index in [0.717, 1.165) is 5.56 Å². The zero-order chi connectivity index (χ0) is 25.3. The van der Waals surface area contributed by atoms with Gasteiger partial charge in [0.05, 0.1) is 28.7 Å². The summed E-state index contributed by atoms with van der Waals surface area (Å²) >= 11 is 5.89. The Bertz CT molecular complexity index is 1590. The smallest absolute Gasteiger partial charge is 0.261 e. The molecule has 0 unspecified atom stereocenters. The second-order valence-corrected chi connectivity index (χ2v) is 10.9. The highest BCUT2D eigenvalue weighted by Crippen LogP contribution is 2.28. The van der Waals surface area contributed by atoms with Crippen molar-refractivity contribution >= 4 is 44.1 Å². The molecular weight excluding hydrogens is 500 g/mol. The molecule has 2 heterocycles. The lowest BCUT2D eigenvalue weighted by Gasteiger charge is -2.23. The van der Waals surface area contributed by atoms with E-state index in [1.54, 1.807) is 18.2 Å². The molecule has 1 amide bonds. The second kappa shape index (κ2) is 9.85. The predicted octanol–water partition coefficient (Wildman–Crippen LogP) is 3.89. The fourth-order valence-electron chi connectivity index (χ4n) is 4.39. The van der Waals surface area contributed by atoms with Crippen LogP contribution in [0.3, 0.4) is 0 Å².